The van der Waals surface area contributed by atoms with Gasteiger partial charge in [0.1, 0.15) is 0 Å². The number of nitrogens with two attached hydrogens (primary N) is 1. The number of hydrogen-bond acceptors (Lipinski definition) is 2. The van der Waals surface area contributed by atoms with E-state index in [0.717, 1.165) is 12.5 Å². The summed E-state index contributed by atoms with van der Waals surface area (Å²) in [7, 11) is 0. The minimum absolute atomic E-state index is 0.837. The van der Waals surface area contributed by atoms with E-state index in [4.69, 9.17) is 5.73 Å². The Morgan fingerprint density at radius 1 is 1.14 bits per heavy atom. The maximum absolute atomic E-state index is 5.43. The Morgan fingerprint density at radius 3 is 2.50 bits per heavy atom. The van der Waals surface area contributed by atoms with Crippen LogP contribution in [0.2, 0.25) is 0 Å². The molecule has 0 aliphatic rings. The highest BCUT2D eigenvalue weighted by Crippen LogP contribution is 2.03. The van der Waals surface area contributed by atoms with Crippen molar-refractivity contribution in [3.8, 4) is 0 Å². The normalized spacial score (nSPS) is 13.1. The maximum Gasteiger partial charge on any atom is -0.00232 e. The molecule has 1 atom stereocenters. The van der Waals surface area contributed by atoms with Crippen molar-refractivity contribution in [1.29, 1.82) is 0 Å². The van der Waals surface area contributed by atoms with Crippen LogP contribution in [0.1, 0.15) is 52.4 Å². The molecule has 0 saturated heterocycles. The molecule has 0 radical (unpaired) electrons. The number of unbranched alkanes of at least 4 members (excludes halogenated alkanes) is 3. The molecule has 86 valence electrons. The summed E-state index contributed by atoms with van der Waals surface area (Å²) in [6, 6.07) is 0. The molecule has 2 nitrogen and oxygen atoms in total. The highest BCUT2D eigenvalue weighted by Gasteiger charge is 1.98. The predicted octanol–water partition coefficient (Wildman–Crippen LogP) is 2.53. The van der Waals surface area contributed by atoms with E-state index in [0.29, 0.717) is 0 Å². The highest BCUT2D eigenvalue weighted by atomic mass is 14.8. The van der Waals surface area contributed by atoms with Gasteiger partial charge in [-0.25, -0.2) is 0 Å². The zero-order valence-corrected chi connectivity index (χ0v) is 10.0. The lowest BCUT2D eigenvalue weighted by molar-refractivity contribution is 0.468. The van der Waals surface area contributed by atoms with Crippen LogP contribution in [-0.4, -0.2) is 19.6 Å². The fourth-order valence-electron chi connectivity index (χ4n) is 1.69. The Balaban J connectivity index is 2.98. The smallest absolute Gasteiger partial charge is 0.00232 e. The van der Waals surface area contributed by atoms with E-state index >= 15 is 0 Å². The molecular formula is C12H28N2. The maximum atomic E-state index is 5.43. The lowest BCUT2D eigenvalue weighted by atomic mass is 10.1. The van der Waals surface area contributed by atoms with Crippen LogP contribution in [0.4, 0.5) is 0 Å². The third-order valence-electron chi connectivity index (χ3n) is 2.58. The molecule has 0 heterocycles. The van der Waals surface area contributed by atoms with E-state index in [2.05, 4.69) is 19.2 Å². The third-order valence-corrected chi connectivity index (χ3v) is 2.58. The molecule has 0 saturated carbocycles. The summed E-state index contributed by atoms with van der Waals surface area (Å²) in [5, 5.41) is 3.52. The fourth-order valence-corrected chi connectivity index (χ4v) is 1.69. The molecule has 0 fully saturated rings. The number of rotatable bonds is 10. The van der Waals surface area contributed by atoms with E-state index < -0.39 is 0 Å². The highest BCUT2D eigenvalue weighted by molar-refractivity contribution is 4.56. The molecule has 0 aromatic heterocycles. The van der Waals surface area contributed by atoms with Gasteiger partial charge in [-0.1, -0.05) is 33.1 Å². The largest absolute Gasteiger partial charge is 0.330 e. The zero-order chi connectivity index (χ0) is 10.6. The lowest BCUT2D eigenvalue weighted by Crippen LogP contribution is -2.22. The Morgan fingerprint density at radius 2 is 1.86 bits per heavy atom. The van der Waals surface area contributed by atoms with Crippen LogP contribution >= 0.6 is 0 Å². The van der Waals surface area contributed by atoms with Crippen molar-refractivity contribution >= 4 is 0 Å². The number of hydrogen-bond donors (Lipinski definition) is 2. The van der Waals surface area contributed by atoms with Crippen molar-refractivity contribution in [2.24, 2.45) is 11.7 Å². The van der Waals surface area contributed by atoms with Crippen molar-refractivity contribution in [3.05, 3.63) is 0 Å². The van der Waals surface area contributed by atoms with E-state index in [1.54, 1.807) is 0 Å². The Bertz CT molecular complexity index is 104. The van der Waals surface area contributed by atoms with Crippen LogP contribution < -0.4 is 11.1 Å². The van der Waals surface area contributed by atoms with Crippen LogP contribution in [0, 0.1) is 5.92 Å². The van der Waals surface area contributed by atoms with E-state index in [1.807, 2.05) is 0 Å². The first kappa shape index (κ1) is 13.9. The van der Waals surface area contributed by atoms with E-state index in [-0.39, 0.29) is 0 Å². The molecular weight excluding hydrogens is 172 g/mol. The van der Waals surface area contributed by atoms with E-state index in [1.165, 1.54) is 51.6 Å². The summed E-state index contributed by atoms with van der Waals surface area (Å²) in [5.41, 5.74) is 5.43. The van der Waals surface area contributed by atoms with Gasteiger partial charge in [-0.3, -0.25) is 0 Å². The van der Waals surface area contributed by atoms with Gasteiger partial charge < -0.3 is 11.1 Å². The van der Waals surface area contributed by atoms with Gasteiger partial charge in [-0.15, -0.1) is 0 Å². The molecule has 0 spiro atoms. The standard InChI is InChI=1S/C12H28N2/c1-3-8-12(2)11-14-10-7-5-4-6-9-13/h12,14H,3-11,13H2,1-2H3. The van der Waals surface area contributed by atoms with Crippen molar-refractivity contribution < 1.29 is 0 Å². The molecule has 3 N–H and O–H groups in total. The quantitative estimate of drug-likeness (QED) is 0.532. The first-order chi connectivity index (χ1) is 6.81. The average Bonchev–Trinajstić information content (AvgIpc) is 2.17. The molecule has 0 aliphatic heterocycles. The van der Waals surface area contributed by atoms with Gasteiger partial charge in [-0.05, 0) is 44.8 Å². The van der Waals surface area contributed by atoms with Gasteiger partial charge in [0.15, 0.2) is 0 Å². The van der Waals surface area contributed by atoms with Gasteiger partial charge in [0.05, 0.1) is 0 Å². The first-order valence-corrected chi connectivity index (χ1v) is 6.22. The summed E-state index contributed by atoms with van der Waals surface area (Å²) < 4.78 is 0. The van der Waals surface area contributed by atoms with Crippen molar-refractivity contribution in [2.45, 2.75) is 52.4 Å². The molecule has 0 aromatic carbocycles. The first-order valence-electron chi connectivity index (χ1n) is 6.22. The van der Waals surface area contributed by atoms with Gasteiger partial charge in [0.2, 0.25) is 0 Å². The molecule has 0 aliphatic carbocycles. The molecule has 0 aromatic rings. The summed E-state index contributed by atoms with van der Waals surface area (Å²) in [5.74, 6) is 0.837. The predicted molar refractivity (Wildman–Crippen MR) is 64.5 cm³/mol. The van der Waals surface area contributed by atoms with Gasteiger partial charge >= 0.3 is 0 Å². The monoisotopic (exact) mass is 200 g/mol. The van der Waals surface area contributed by atoms with Crippen molar-refractivity contribution in [1.82, 2.24) is 5.32 Å². The topological polar surface area (TPSA) is 38.0 Å². The minimum Gasteiger partial charge on any atom is -0.330 e. The molecule has 1 unspecified atom stereocenters. The zero-order valence-electron chi connectivity index (χ0n) is 10.0. The molecule has 14 heavy (non-hydrogen) atoms. The average molecular weight is 200 g/mol. The molecule has 0 bridgehead atoms. The number of nitrogens with one attached hydrogen (secondary N) is 1. The van der Waals surface area contributed by atoms with Gasteiger partial charge in [0.25, 0.3) is 0 Å². The summed E-state index contributed by atoms with van der Waals surface area (Å²) in [4.78, 5) is 0. The van der Waals surface area contributed by atoms with Gasteiger partial charge in [-0.2, -0.15) is 0 Å². The fraction of sp³-hybridized carbons (Fsp3) is 1.00. The summed E-state index contributed by atoms with van der Waals surface area (Å²) in [6.45, 7) is 7.79. The summed E-state index contributed by atoms with van der Waals surface area (Å²) in [6.07, 6.45) is 7.76. The van der Waals surface area contributed by atoms with Crippen LogP contribution in [0.25, 0.3) is 0 Å². The van der Waals surface area contributed by atoms with Crippen LogP contribution in [0.15, 0.2) is 0 Å². The molecule has 2 heteroatoms. The van der Waals surface area contributed by atoms with E-state index in [9.17, 15) is 0 Å². The van der Waals surface area contributed by atoms with Crippen molar-refractivity contribution in [3.63, 3.8) is 0 Å². The Labute approximate surface area is 89.6 Å². The van der Waals surface area contributed by atoms with Crippen LogP contribution in [0.3, 0.4) is 0 Å². The second-order valence-electron chi connectivity index (χ2n) is 4.30. The second kappa shape index (κ2) is 11.0. The minimum atomic E-state index is 0.837. The van der Waals surface area contributed by atoms with Crippen LogP contribution in [0.5, 0.6) is 0 Å². The van der Waals surface area contributed by atoms with Crippen molar-refractivity contribution in [2.75, 3.05) is 19.6 Å². The molecule has 0 amide bonds. The second-order valence-corrected chi connectivity index (χ2v) is 4.30. The Hall–Kier alpha value is -0.0800. The SMILES string of the molecule is CCCC(C)CNCCCCCCN. The Kier molecular flexibility index (Phi) is 10.9. The van der Waals surface area contributed by atoms with Crippen LogP contribution in [-0.2, 0) is 0 Å². The lowest BCUT2D eigenvalue weighted by Gasteiger charge is -2.10. The van der Waals surface area contributed by atoms with Gasteiger partial charge in [0, 0.05) is 0 Å². The molecule has 0 rings (SSSR count). The summed E-state index contributed by atoms with van der Waals surface area (Å²) >= 11 is 0. The third kappa shape index (κ3) is 10.0.